The molecule has 2 aromatic carbocycles. The SMILES string of the molecule is CCN(C[C@@H]1COc2ccccc2O1)C(=O)CSc1nnc([C@@H](C)Oc2ccc(F)cc2)o1. The Balaban J connectivity index is 1.27. The van der Waals surface area contributed by atoms with E-state index in [1.54, 1.807) is 11.8 Å². The zero-order valence-electron chi connectivity index (χ0n) is 18.3. The maximum atomic E-state index is 13.0. The second-order valence-corrected chi connectivity index (χ2v) is 8.27. The molecule has 33 heavy (non-hydrogen) atoms. The molecule has 0 aliphatic carbocycles. The molecule has 0 saturated carbocycles. The number of rotatable bonds is 9. The molecule has 1 aliphatic rings. The summed E-state index contributed by atoms with van der Waals surface area (Å²) in [5.74, 6) is 1.89. The van der Waals surface area contributed by atoms with Gasteiger partial charge in [0.25, 0.3) is 11.1 Å². The van der Waals surface area contributed by atoms with E-state index in [9.17, 15) is 9.18 Å². The number of carbonyl (C=O) groups excluding carboxylic acids is 1. The Morgan fingerprint density at radius 2 is 1.97 bits per heavy atom. The first-order valence-corrected chi connectivity index (χ1v) is 11.5. The van der Waals surface area contributed by atoms with Gasteiger partial charge in [0, 0.05) is 6.54 Å². The van der Waals surface area contributed by atoms with E-state index >= 15 is 0 Å². The van der Waals surface area contributed by atoms with Crippen molar-refractivity contribution >= 4 is 17.7 Å². The molecule has 8 nitrogen and oxygen atoms in total. The lowest BCUT2D eigenvalue weighted by Crippen LogP contribution is -2.44. The Morgan fingerprint density at radius 1 is 1.21 bits per heavy atom. The summed E-state index contributed by atoms with van der Waals surface area (Å²) >= 11 is 1.16. The Bertz CT molecular complexity index is 1080. The Kier molecular flexibility index (Phi) is 7.33. The van der Waals surface area contributed by atoms with Crippen LogP contribution in [0, 0.1) is 5.82 Å². The molecular formula is C23H24FN3O5S. The standard InChI is InChI=1S/C23H24FN3O5S/c1-3-27(12-18-13-29-19-6-4-5-7-20(19)31-18)21(28)14-33-23-26-25-22(32-23)15(2)30-17-10-8-16(24)9-11-17/h4-11,15,18H,3,12-14H2,1-2H3/t15-,18-/m1/s1. The van der Waals surface area contributed by atoms with Crippen molar-refractivity contribution in [1.82, 2.24) is 15.1 Å². The number of amides is 1. The van der Waals surface area contributed by atoms with Crippen LogP contribution in [0.4, 0.5) is 4.39 Å². The van der Waals surface area contributed by atoms with Gasteiger partial charge in [0.2, 0.25) is 5.91 Å². The van der Waals surface area contributed by atoms with Crippen LogP contribution >= 0.6 is 11.8 Å². The van der Waals surface area contributed by atoms with Gasteiger partial charge >= 0.3 is 0 Å². The molecule has 1 amide bonds. The number of aromatic nitrogens is 2. The summed E-state index contributed by atoms with van der Waals surface area (Å²) in [5, 5.41) is 8.24. The number of para-hydroxylation sites is 2. The Labute approximate surface area is 195 Å². The summed E-state index contributed by atoms with van der Waals surface area (Å²) in [6, 6.07) is 13.1. The molecule has 0 bridgehead atoms. The van der Waals surface area contributed by atoms with E-state index in [4.69, 9.17) is 18.6 Å². The van der Waals surface area contributed by atoms with Crippen LogP contribution in [0.1, 0.15) is 25.8 Å². The summed E-state index contributed by atoms with van der Waals surface area (Å²) in [6.07, 6.45) is -0.764. The Morgan fingerprint density at radius 3 is 2.73 bits per heavy atom. The van der Waals surface area contributed by atoms with E-state index in [1.165, 1.54) is 24.3 Å². The van der Waals surface area contributed by atoms with E-state index in [0.717, 1.165) is 11.8 Å². The predicted octanol–water partition coefficient (Wildman–Crippen LogP) is 4.13. The molecule has 3 aromatic rings. The highest BCUT2D eigenvalue weighted by Crippen LogP contribution is 2.31. The summed E-state index contributed by atoms with van der Waals surface area (Å²) in [6.45, 7) is 5.01. The topological polar surface area (TPSA) is 86.9 Å². The van der Waals surface area contributed by atoms with Gasteiger partial charge in [-0.25, -0.2) is 4.39 Å². The fourth-order valence-corrected chi connectivity index (χ4v) is 3.90. The van der Waals surface area contributed by atoms with Crippen molar-refractivity contribution in [3.05, 3.63) is 60.2 Å². The number of likely N-dealkylation sites (N-methyl/N-ethyl adjacent to an activating group) is 1. The highest BCUT2D eigenvalue weighted by molar-refractivity contribution is 7.99. The monoisotopic (exact) mass is 473 g/mol. The van der Waals surface area contributed by atoms with Gasteiger partial charge in [0.15, 0.2) is 23.7 Å². The van der Waals surface area contributed by atoms with Crippen LogP contribution in [0.25, 0.3) is 0 Å². The van der Waals surface area contributed by atoms with E-state index < -0.39 is 6.10 Å². The minimum atomic E-state index is -0.522. The smallest absolute Gasteiger partial charge is 0.277 e. The number of halogens is 1. The molecule has 4 rings (SSSR count). The second-order valence-electron chi connectivity index (χ2n) is 7.34. The van der Waals surface area contributed by atoms with Crippen molar-refractivity contribution < 1.29 is 27.8 Å². The van der Waals surface area contributed by atoms with Crippen molar-refractivity contribution in [3.8, 4) is 17.2 Å². The van der Waals surface area contributed by atoms with Crippen LogP contribution < -0.4 is 14.2 Å². The third-order valence-corrected chi connectivity index (χ3v) is 5.74. The molecule has 0 radical (unpaired) electrons. The molecule has 1 aromatic heterocycles. The molecule has 10 heteroatoms. The minimum absolute atomic E-state index is 0.0691. The maximum absolute atomic E-state index is 13.0. The van der Waals surface area contributed by atoms with Crippen molar-refractivity contribution in [2.75, 3.05) is 25.4 Å². The molecule has 0 spiro atoms. The number of benzene rings is 2. The number of fused-ring (bicyclic) bond motifs is 1. The first kappa shape index (κ1) is 22.9. The molecule has 0 saturated heterocycles. The van der Waals surface area contributed by atoms with Crippen LogP contribution in [0.5, 0.6) is 17.2 Å². The van der Waals surface area contributed by atoms with Crippen molar-refractivity contribution in [2.45, 2.75) is 31.3 Å². The highest BCUT2D eigenvalue weighted by atomic mass is 32.2. The van der Waals surface area contributed by atoms with Crippen molar-refractivity contribution in [3.63, 3.8) is 0 Å². The lowest BCUT2D eigenvalue weighted by atomic mass is 10.2. The molecule has 2 heterocycles. The fraction of sp³-hybridized carbons (Fsp3) is 0.348. The summed E-state index contributed by atoms with van der Waals surface area (Å²) in [7, 11) is 0. The van der Waals surface area contributed by atoms with Gasteiger partial charge in [-0.2, -0.15) is 0 Å². The molecule has 0 N–H and O–H groups in total. The number of carbonyl (C=O) groups is 1. The molecule has 174 valence electrons. The quantitative estimate of drug-likeness (QED) is 0.429. The fourth-order valence-electron chi connectivity index (χ4n) is 3.23. The molecule has 0 fully saturated rings. The van der Waals surface area contributed by atoms with Crippen LogP contribution in [0.15, 0.2) is 58.2 Å². The zero-order chi connectivity index (χ0) is 23.2. The average Bonchev–Trinajstić information content (AvgIpc) is 3.31. The predicted molar refractivity (Wildman–Crippen MR) is 119 cm³/mol. The average molecular weight is 474 g/mol. The van der Waals surface area contributed by atoms with Gasteiger partial charge < -0.3 is 23.5 Å². The number of thioether (sulfide) groups is 1. The summed E-state index contributed by atoms with van der Waals surface area (Å²) in [5.41, 5.74) is 0. The molecule has 2 atom stereocenters. The first-order valence-electron chi connectivity index (χ1n) is 10.6. The van der Waals surface area contributed by atoms with Crippen LogP contribution in [-0.4, -0.2) is 52.6 Å². The largest absolute Gasteiger partial charge is 0.486 e. The summed E-state index contributed by atoms with van der Waals surface area (Å²) in [4.78, 5) is 14.5. The lowest BCUT2D eigenvalue weighted by molar-refractivity contribution is -0.129. The van der Waals surface area contributed by atoms with Gasteiger partial charge in [-0.3, -0.25) is 4.79 Å². The van der Waals surface area contributed by atoms with E-state index in [-0.39, 0.29) is 34.7 Å². The van der Waals surface area contributed by atoms with Gasteiger partial charge in [-0.1, -0.05) is 23.9 Å². The first-order chi connectivity index (χ1) is 16.0. The van der Waals surface area contributed by atoms with Crippen LogP contribution in [-0.2, 0) is 4.79 Å². The highest BCUT2D eigenvalue weighted by Gasteiger charge is 2.25. The molecule has 1 aliphatic heterocycles. The van der Waals surface area contributed by atoms with Gasteiger partial charge in [0.05, 0.1) is 12.3 Å². The van der Waals surface area contributed by atoms with Crippen LogP contribution in [0.2, 0.25) is 0 Å². The number of ether oxygens (including phenoxy) is 3. The molecular weight excluding hydrogens is 449 g/mol. The lowest BCUT2D eigenvalue weighted by Gasteiger charge is -2.30. The third-order valence-electron chi connectivity index (χ3n) is 4.94. The van der Waals surface area contributed by atoms with Gasteiger partial charge in [0.1, 0.15) is 18.2 Å². The van der Waals surface area contributed by atoms with E-state index in [1.807, 2.05) is 31.2 Å². The van der Waals surface area contributed by atoms with E-state index in [0.29, 0.717) is 36.9 Å². The zero-order valence-corrected chi connectivity index (χ0v) is 19.1. The number of nitrogens with zero attached hydrogens (tertiary/aromatic N) is 3. The van der Waals surface area contributed by atoms with Crippen molar-refractivity contribution in [1.29, 1.82) is 0 Å². The van der Waals surface area contributed by atoms with Crippen LogP contribution in [0.3, 0.4) is 0 Å². The normalized spacial score (nSPS) is 15.7. The number of hydrogen-bond donors (Lipinski definition) is 0. The summed E-state index contributed by atoms with van der Waals surface area (Å²) < 4.78 is 36.0. The number of hydrogen-bond acceptors (Lipinski definition) is 8. The van der Waals surface area contributed by atoms with Gasteiger partial charge in [-0.05, 0) is 50.2 Å². The van der Waals surface area contributed by atoms with Gasteiger partial charge in [-0.15, -0.1) is 10.2 Å². The van der Waals surface area contributed by atoms with Crippen molar-refractivity contribution in [2.24, 2.45) is 0 Å². The molecule has 0 unspecified atom stereocenters. The third kappa shape index (κ3) is 5.95. The Hall–Kier alpha value is -3.27. The minimum Gasteiger partial charge on any atom is -0.486 e. The van der Waals surface area contributed by atoms with E-state index in [2.05, 4.69) is 10.2 Å². The maximum Gasteiger partial charge on any atom is 0.277 e. The second kappa shape index (κ2) is 10.6.